The van der Waals surface area contributed by atoms with Crippen molar-refractivity contribution in [3.05, 3.63) is 29.0 Å². The van der Waals surface area contributed by atoms with Gasteiger partial charge < -0.3 is 9.64 Å². The van der Waals surface area contributed by atoms with E-state index in [4.69, 9.17) is 16.3 Å². The van der Waals surface area contributed by atoms with Gasteiger partial charge in [-0.1, -0.05) is 17.7 Å². The van der Waals surface area contributed by atoms with Crippen LogP contribution in [0.25, 0.3) is 0 Å². The molecule has 2 heterocycles. The number of hydrogen-bond donors (Lipinski definition) is 0. The van der Waals surface area contributed by atoms with Crippen molar-refractivity contribution in [1.82, 2.24) is 9.88 Å². The van der Waals surface area contributed by atoms with Gasteiger partial charge >= 0.3 is 12.1 Å². The fourth-order valence-electron chi connectivity index (χ4n) is 3.28. The zero-order chi connectivity index (χ0) is 18.8. The minimum atomic E-state index is -4.59. The van der Waals surface area contributed by atoms with Crippen LogP contribution in [0.4, 0.5) is 13.2 Å². The Morgan fingerprint density at radius 2 is 2.08 bits per heavy atom. The Balaban J connectivity index is 2.41. The zero-order valence-electron chi connectivity index (χ0n) is 13.7. The van der Waals surface area contributed by atoms with E-state index in [-0.39, 0.29) is 24.6 Å². The minimum absolute atomic E-state index is 0.113. The highest BCUT2D eigenvalue weighted by Gasteiger charge is 2.55. The maximum Gasteiger partial charge on any atom is 0.408 e. The number of esters is 1. The van der Waals surface area contributed by atoms with Crippen LogP contribution in [0.1, 0.15) is 38.2 Å². The summed E-state index contributed by atoms with van der Waals surface area (Å²) in [5.74, 6) is -2.07. The first-order chi connectivity index (χ1) is 11.6. The van der Waals surface area contributed by atoms with Crippen molar-refractivity contribution >= 4 is 23.5 Å². The quantitative estimate of drug-likeness (QED) is 0.595. The molecule has 0 radical (unpaired) electrons. The molecule has 0 N–H and O–H groups in total. The third-order valence-corrected chi connectivity index (χ3v) is 4.46. The van der Waals surface area contributed by atoms with Gasteiger partial charge in [0.05, 0.1) is 13.0 Å². The third-order valence-electron chi connectivity index (χ3n) is 4.24. The highest BCUT2D eigenvalue weighted by Crippen LogP contribution is 2.45. The first-order valence-corrected chi connectivity index (χ1v) is 8.15. The molecule has 138 valence electrons. The van der Waals surface area contributed by atoms with E-state index < -0.39 is 36.1 Å². The van der Waals surface area contributed by atoms with Crippen molar-refractivity contribution in [3.63, 3.8) is 0 Å². The maximum absolute atomic E-state index is 13.4. The Morgan fingerprint density at radius 1 is 1.40 bits per heavy atom. The molecule has 1 aliphatic heterocycles. The Hall–Kier alpha value is -1.83. The lowest BCUT2D eigenvalue weighted by Gasteiger charge is -2.31. The predicted molar refractivity (Wildman–Crippen MR) is 84.0 cm³/mol. The number of hydrogen-bond acceptors (Lipinski definition) is 4. The number of aromatic nitrogens is 1. The Morgan fingerprint density at radius 3 is 2.56 bits per heavy atom. The van der Waals surface area contributed by atoms with Gasteiger partial charge in [-0.3, -0.25) is 9.59 Å². The number of halogens is 4. The fourth-order valence-corrected chi connectivity index (χ4v) is 3.39. The van der Waals surface area contributed by atoms with Gasteiger partial charge in [0.2, 0.25) is 5.91 Å². The molecule has 1 aliphatic rings. The van der Waals surface area contributed by atoms with Crippen molar-refractivity contribution in [1.29, 1.82) is 0 Å². The molecule has 9 heteroatoms. The molecule has 2 rings (SSSR count). The van der Waals surface area contributed by atoms with E-state index in [0.717, 1.165) is 11.8 Å². The summed E-state index contributed by atoms with van der Waals surface area (Å²) in [6, 6.07) is 0.128. The number of rotatable bonds is 4. The first-order valence-electron chi connectivity index (χ1n) is 7.77. The molecule has 0 unspecified atom stereocenters. The number of carbonyl (C=O) groups excluding carboxylic acids is 2. The molecule has 0 aliphatic carbocycles. The van der Waals surface area contributed by atoms with Gasteiger partial charge in [0, 0.05) is 25.1 Å². The van der Waals surface area contributed by atoms with Gasteiger partial charge in [-0.2, -0.15) is 13.2 Å². The molecule has 0 saturated carbocycles. The van der Waals surface area contributed by atoms with Crippen LogP contribution < -0.4 is 0 Å². The summed E-state index contributed by atoms with van der Waals surface area (Å²) in [6.45, 7) is 2.79. The zero-order valence-corrected chi connectivity index (χ0v) is 14.5. The summed E-state index contributed by atoms with van der Waals surface area (Å²) in [5, 5.41) is 0.208. The molecule has 0 aromatic carbocycles. The molecular weight excluding hydrogens is 361 g/mol. The SMILES string of the molecule is CCOC(=O)C[C@H]1[C@H](c2ccc(Cl)nc2)C[C@H](C(F)(F)F)N1C(C)=O. The van der Waals surface area contributed by atoms with Gasteiger partial charge in [-0.25, -0.2) is 4.98 Å². The average molecular weight is 379 g/mol. The number of alkyl halides is 3. The van der Waals surface area contributed by atoms with Crippen molar-refractivity contribution < 1.29 is 27.5 Å². The van der Waals surface area contributed by atoms with E-state index in [9.17, 15) is 22.8 Å². The Labute approximate surface area is 148 Å². The monoisotopic (exact) mass is 378 g/mol. The van der Waals surface area contributed by atoms with Gasteiger partial charge in [0.1, 0.15) is 11.2 Å². The number of amides is 1. The van der Waals surface area contributed by atoms with E-state index in [1.165, 1.54) is 12.3 Å². The molecular formula is C16H18ClF3N2O3. The second kappa shape index (κ2) is 7.59. The smallest absolute Gasteiger partial charge is 0.408 e. The van der Waals surface area contributed by atoms with Crippen LogP contribution in [-0.2, 0) is 14.3 Å². The van der Waals surface area contributed by atoms with Gasteiger partial charge in [0.15, 0.2) is 0 Å². The average Bonchev–Trinajstić information content (AvgIpc) is 2.88. The van der Waals surface area contributed by atoms with Crippen LogP contribution in [0.5, 0.6) is 0 Å². The lowest BCUT2D eigenvalue weighted by molar-refractivity contribution is -0.185. The number of ether oxygens (including phenoxy) is 1. The molecule has 1 saturated heterocycles. The van der Waals surface area contributed by atoms with E-state index in [1.54, 1.807) is 13.0 Å². The van der Waals surface area contributed by atoms with Crippen molar-refractivity contribution in [2.75, 3.05) is 6.61 Å². The van der Waals surface area contributed by atoms with Crippen molar-refractivity contribution in [2.24, 2.45) is 0 Å². The first kappa shape index (κ1) is 19.5. The van der Waals surface area contributed by atoms with E-state index in [1.807, 2.05) is 0 Å². The summed E-state index contributed by atoms with van der Waals surface area (Å²) < 4.78 is 45.2. The second-order valence-corrected chi connectivity index (χ2v) is 6.20. The molecule has 3 atom stereocenters. The summed E-state index contributed by atoms with van der Waals surface area (Å²) in [7, 11) is 0. The molecule has 1 fully saturated rings. The third kappa shape index (κ3) is 4.42. The topological polar surface area (TPSA) is 59.5 Å². The predicted octanol–water partition coefficient (Wildman–Crippen LogP) is 3.32. The normalized spacial score (nSPS) is 23.6. The van der Waals surface area contributed by atoms with Crippen molar-refractivity contribution in [2.45, 2.75) is 50.9 Å². The van der Waals surface area contributed by atoms with Crippen LogP contribution in [-0.4, -0.2) is 46.6 Å². The molecule has 0 bridgehead atoms. The van der Waals surface area contributed by atoms with E-state index in [0.29, 0.717) is 5.56 Å². The Bertz CT molecular complexity index is 637. The van der Waals surface area contributed by atoms with Gasteiger partial charge in [-0.05, 0) is 25.0 Å². The van der Waals surface area contributed by atoms with Crippen LogP contribution in [0, 0.1) is 0 Å². The molecule has 1 amide bonds. The summed E-state index contributed by atoms with van der Waals surface area (Å²) >= 11 is 5.73. The van der Waals surface area contributed by atoms with E-state index >= 15 is 0 Å². The molecule has 25 heavy (non-hydrogen) atoms. The number of carbonyl (C=O) groups is 2. The standard InChI is InChI=1S/C16H18ClF3N2O3/c1-3-25-15(24)7-12-11(10-4-5-14(17)21-8-10)6-13(16(18,19)20)22(12)9(2)23/h4-5,8,11-13H,3,6-7H2,1-2H3/t11-,12-,13+/m0/s1. The molecule has 5 nitrogen and oxygen atoms in total. The molecule has 0 spiro atoms. The maximum atomic E-state index is 13.4. The van der Waals surface area contributed by atoms with Crippen molar-refractivity contribution in [3.8, 4) is 0 Å². The van der Waals surface area contributed by atoms with Crippen LogP contribution in [0.3, 0.4) is 0 Å². The molecule has 1 aromatic heterocycles. The van der Waals surface area contributed by atoms with Crippen LogP contribution in [0.2, 0.25) is 5.15 Å². The van der Waals surface area contributed by atoms with Crippen LogP contribution >= 0.6 is 11.6 Å². The minimum Gasteiger partial charge on any atom is -0.466 e. The largest absolute Gasteiger partial charge is 0.466 e. The lowest BCUT2D eigenvalue weighted by atomic mass is 9.90. The highest BCUT2D eigenvalue weighted by atomic mass is 35.5. The van der Waals surface area contributed by atoms with Crippen LogP contribution in [0.15, 0.2) is 18.3 Å². The lowest BCUT2D eigenvalue weighted by Crippen LogP contribution is -2.48. The Kier molecular flexibility index (Phi) is 5.92. The number of likely N-dealkylation sites (tertiary alicyclic amines) is 1. The number of pyridine rings is 1. The molecule has 1 aromatic rings. The highest BCUT2D eigenvalue weighted by molar-refractivity contribution is 6.29. The van der Waals surface area contributed by atoms with Gasteiger partial charge in [-0.15, -0.1) is 0 Å². The van der Waals surface area contributed by atoms with E-state index in [2.05, 4.69) is 4.98 Å². The number of nitrogens with zero attached hydrogens (tertiary/aromatic N) is 2. The summed E-state index contributed by atoms with van der Waals surface area (Å²) in [5.41, 5.74) is 0.497. The summed E-state index contributed by atoms with van der Waals surface area (Å²) in [4.78, 5) is 28.4. The second-order valence-electron chi connectivity index (χ2n) is 5.82. The van der Waals surface area contributed by atoms with Gasteiger partial charge in [0.25, 0.3) is 0 Å². The fraction of sp³-hybridized carbons (Fsp3) is 0.562. The summed E-state index contributed by atoms with van der Waals surface area (Å²) in [6.07, 6.45) is -3.86.